The van der Waals surface area contributed by atoms with E-state index in [9.17, 15) is 9.90 Å². The van der Waals surface area contributed by atoms with Crippen LogP contribution in [-0.4, -0.2) is 33.1 Å². The predicted molar refractivity (Wildman–Crippen MR) is 81.0 cm³/mol. The standard InChI is InChI=1S/C16H21N3O2/c1-11-4-6-16(21,7-5-11)10-18-15(20)13-9-12-3-2-8-17-14(12)19-13/h2-3,8-9,11,21H,4-7,10H2,1H3,(H,17,19)(H,18,20). The Bertz CT molecular complexity index is 609. The van der Waals surface area contributed by atoms with E-state index in [0.29, 0.717) is 23.8 Å². The van der Waals surface area contributed by atoms with Gasteiger partial charge in [-0.3, -0.25) is 4.79 Å². The van der Waals surface area contributed by atoms with Gasteiger partial charge in [0, 0.05) is 18.1 Å². The highest BCUT2D eigenvalue weighted by molar-refractivity contribution is 5.97. The van der Waals surface area contributed by atoms with Crippen molar-refractivity contribution in [2.75, 3.05) is 6.54 Å². The minimum absolute atomic E-state index is 0.194. The number of carbonyl (C=O) groups is 1. The average molecular weight is 287 g/mol. The highest BCUT2D eigenvalue weighted by Crippen LogP contribution is 2.31. The Balaban J connectivity index is 1.63. The Morgan fingerprint density at radius 1 is 1.52 bits per heavy atom. The van der Waals surface area contributed by atoms with E-state index in [2.05, 4.69) is 22.2 Å². The van der Waals surface area contributed by atoms with Crippen LogP contribution in [0.1, 0.15) is 43.1 Å². The lowest BCUT2D eigenvalue weighted by atomic mass is 9.79. The van der Waals surface area contributed by atoms with Gasteiger partial charge in [-0.15, -0.1) is 0 Å². The minimum Gasteiger partial charge on any atom is -0.388 e. The molecule has 112 valence electrons. The molecule has 2 aromatic heterocycles. The second kappa shape index (κ2) is 5.48. The molecule has 0 atom stereocenters. The summed E-state index contributed by atoms with van der Waals surface area (Å²) < 4.78 is 0. The molecule has 0 saturated heterocycles. The number of aliphatic hydroxyl groups is 1. The summed E-state index contributed by atoms with van der Waals surface area (Å²) in [5, 5.41) is 14.2. The highest BCUT2D eigenvalue weighted by atomic mass is 16.3. The van der Waals surface area contributed by atoms with Crippen molar-refractivity contribution in [3.05, 3.63) is 30.1 Å². The van der Waals surface area contributed by atoms with Gasteiger partial charge in [0.1, 0.15) is 11.3 Å². The molecule has 0 bridgehead atoms. The molecule has 1 aliphatic carbocycles. The van der Waals surface area contributed by atoms with Crippen LogP contribution in [0.5, 0.6) is 0 Å². The van der Waals surface area contributed by atoms with Gasteiger partial charge in [0.25, 0.3) is 5.91 Å². The molecular formula is C16H21N3O2. The molecule has 21 heavy (non-hydrogen) atoms. The number of hydrogen-bond donors (Lipinski definition) is 3. The molecule has 0 unspecified atom stereocenters. The van der Waals surface area contributed by atoms with Gasteiger partial charge in [0.2, 0.25) is 0 Å². The summed E-state index contributed by atoms with van der Waals surface area (Å²) in [6, 6.07) is 5.53. The third kappa shape index (κ3) is 3.08. The van der Waals surface area contributed by atoms with E-state index in [1.54, 1.807) is 12.3 Å². The van der Waals surface area contributed by atoms with E-state index in [1.165, 1.54) is 0 Å². The van der Waals surface area contributed by atoms with Gasteiger partial charge in [-0.1, -0.05) is 6.92 Å². The van der Waals surface area contributed by atoms with Crippen molar-refractivity contribution in [3.8, 4) is 0 Å². The number of hydrogen-bond acceptors (Lipinski definition) is 3. The second-order valence-electron chi connectivity index (χ2n) is 6.21. The Kier molecular flexibility index (Phi) is 3.68. The second-order valence-corrected chi connectivity index (χ2v) is 6.21. The zero-order valence-electron chi connectivity index (χ0n) is 12.2. The SMILES string of the molecule is CC1CCC(O)(CNC(=O)c2cc3cccnc3[nH]2)CC1. The molecule has 3 rings (SSSR count). The Labute approximate surface area is 123 Å². The van der Waals surface area contributed by atoms with Crippen LogP contribution < -0.4 is 5.32 Å². The number of nitrogens with zero attached hydrogens (tertiary/aromatic N) is 1. The van der Waals surface area contributed by atoms with Crippen molar-refractivity contribution in [1.29, 1.82) is 0 Å². The monoisotopic (exact) mass is 287 g/mol. The van der Waals surface area contributed by atoms with Crippen LogP contribution in [0.4, 0.5) is 0 Å². The van der Waals surface area contributed by atoms with E-state index >= 15 is 0 Å². The van der Waals surface area contributed by atoms with Gasteiger partial charge >= 0.3 is 0 Å². The maximum Gasteiger partial charge on any atom is 0.267 e. The van der Waals surface area contributed by atoms with E-state index in [4.69, 9.17) is 0 Å². The van der Waals surface area contributed by atoms with Gasteiger partial charge < -0.3 is 15.4 Å². The van der Waals surface area contributed by atoms with Crippen LogP contribution in [0.15, 0.2) is 24.4 Å². The molecule has 1 saturated carbocycles. The largest absolute Gasteiger partial charge is 0.388 e. The van der Waals surface area contributed by atoms with Crippen molar-refractivity contribution in [3.63, 3.8) is 0 Å². The summed E-state index contributed by atoms with van der Waals surface area (Å²) in [6.45, 7) is 2.51. The first-order chi connectivity index (χ1) is 10.1. The summed E-state index contributed by atoms with van der Waals surface area (Å²) in [5.41, 5.74) is 0.427. The number of amides is 1. The summed E-state index contributed by atoms with van der Waals surface area (Å²) >= 11 is 0. The number of aromatic nitrogens is 2. The van der Waals surface area contributed by atoms with Crippen molar-refractivity contribution in [2.45, 2.75) is 38.2 Å². The Morgan fingerprint density at radius 3 is 3.00 bits per heavy atom. The quantitative estimate of drug-likeness (QED) is 0.810. The third-order valence-corrected chi connectivity index (χ3v) is 4.42. The first kappa shape index (κ1) is 14.1. The van der Waals surface area contributed by atoms with Crippen molar-refractivity contribution < 1.29 is 9.90 Å². The molecule has 1 amide bonds. The van der Waals surface area contributed by atoms with E-state index in [1.807, 2.05) is 12.1 Å². The normalized spacial score (nSPS) is 25.9. The highest BCUT2D eigenvalue weighted by Gasteiger charge is 2.32. The number of carbonyl (C=O) groups excluding carboxylic acids is 1. The molecule has 5 heteroatoms. The van der Waals surface area contributed by atoms with Crippen LogP contribution in [0.2, 0.25) is 0 Å². The van der Waals surface area contributed by atoms with Crippen LogP contribution in [0.25, 0.3) is 11.0 Å². The topological polar surface area (TPSA) is 78.0 Å². The number of aromatic amines is 1. The molecule has 0 radical (unpaired) electrons. The Morgan fingerprint density at radius 2 is 2.29 bits per heavy atom. The number of H-pyrrole nitrogens is 1. The molecule has 5 nitrogen and oxygen atoms in total. The molecular weight excluding hydrogens is 266 g/mol. The fourth-order valence-electron chi connectivity index (χ4n) is 2.90. The van der Waals surface area contributed by atoms with Gasteiger partial charge in [-0.25, -0.2) is 4.98 Å². The molecule has 0 aromatic carbocycles. The van der Waals surface area contributed by atoms with Crippen molar-refractivity contribution in [1.82, 2.24) is 15.3 Å². The summed E-state index contributed by atoms with van der Waals surface area (Å²) in [6.07, 6.45) is 5.23. The summed E-state index contributed by atoms with van der Waals surface area (Å²) in [4.78, 5) is 19.4. The van der Waals surface area contributed by atoms with Crippen molar-refractivity contribution in [2.24, 2.45) is 5.92 Å². The van der Waals surface area contributed by atoms with Gasteiger partial charge in [-0.2, -0.15) is 0 Å². The number of rotatable bonds is 3. The van der Waals surface area contributed by atoms with E-state index < -0.39 is 5.60 Å². The first-order valence-corrected chi connectivity index (χ1v) is 7.50. The van der Waals surface area contributed by atoms with Crippen LogP contribution in [0, 0.1) is 5.92 Å². The maximum atomic E-state index is 12.2. The zero-order valence-corrected chi connectivity index (χ0v) is 12.2. The van der Waals surface area contributed by atoms with Gasteiger partial charge in [0.05, 0.1) is 5.60 Å². The minimum atomic E-state index is -0.758. The molecule has 0 spiro atoms. The zero-order chi connectivity index (χ0) is 14.9. The lowest BCUT2D eigenvalue weighted by Crippen LogP contribution is -2.45. The Hall–Kier alpha value is -1.88. The first-order valence-electron chi connectivity index (χ1n) is 7.50. The molecule has 2 heterocycles. The molecule has 2 aromatic rings. The maximum absolute atomic E-state index is 12.2. The van der Waals surface area contributed by atoms with Gasteiger partial charge in [-0.05, 0) is 49.8 Å². The predicted octanol–water partition coefficient (Wildman–Crippen LogP) is 2.23. The average Bonchev–Trinajstić information content (AvgIpc) is 2.92. The van der Waals surface area contributed by atoms with Crippen LogP contribution in [0.3, 0.4) is 0 Å². The summed E-state index contributed by atoms with van der Waals surface area (Å²) in [7, 11) is 0. The number of nitrogens with one attached hydrogen (secondary N) is 2. The fourth-order valence-corrected chi connectivity index (χ4v) is 2.90. The smallest absolute Gasteiger partial charge is 0.267 e. The number of pyridine rings is 1. The van der Waals surface area contributed by atoms with Crippen molar-refractivity contribution >= 4 is 16.9 Å². The molecule has 0 aliphatic heterocycles. The lowest BCUT2D eigenvalue weighted by Gasteiger charge is -2.34. The van der Waals surface area contributed by atoms with Crippen LogP contribution >= 0.6 is 0 Å². The summed E-state index contributed by atoms with van der Waals surface area (Å²) in [5.74, 6) is 0.473. The number of fused-ring (bicyclic) bond motifs is 1. The van der Waals surface area contributed by atoms with E-state index in [0.717, 1.165) is 31.1 Å². The van der Waals surface area contributed by atoms with Gasteiger partial charge in [0.15, 0.2) is 0 Å². The third-order valence-electron chi connectivity index (χ3n) is 4.42. The van der Waals surface area contributed by atoms with Crippen LogP contribution in [-0.2, 0) is 0 Å². The molecule has 1 fully saturated rings. The lowest BCUT2D eigenvalue weighted by molar-refractivity contribution is -0.00542. The van der Waals surface area contributed by atoms with E-state index in [-0.39, 0.29) is 5.91 Å². The molecule has 1 aliphatic rings. The fraction of sp³-hybridized carbons (Fsp3) is 0.500. The molecule has 3 N–H and O–H groups in total.